The number of rotatable bonds is 5. The molecule has 0 saturated carbocycles. The third-order valence-corrected chi connectivity index (χ3v) is 3.14. The zero-order valence-electron chi connectivity index (χ0n) is 7.82. The van der Waals surface area contributed by atoms with Crippen LogP contribution in [-0.4, -0.2) is 45.0 Å². The molecule has 0 atom stereocenters. The summed E-state index contributed by atoms with van der Waals surface area (Å²) in [5, 5.41) is 8.31. The molecule has 0 bridgehead atoms. The molecule has 0 radical (unpaired) electrons. The van der Waals surface area contributed by atoms with E-state index in [1.807, 2.05) is 6.92 Å². The van der Waals surface area contributed by atoms with Gasteiger partial charge < -0.3 is 9.84 Å². The summed E-state index contributed by atoms with van der Waals surface area (Å²) in [6.45, 7) is 3.10. The zero-order valence-corrected chi connectivity index (χ0v) is 8.63. The molecule has 14 heavy (non-hydrogen) atoms. The maximum absolute atomic E-state index is 11.1. The smallest absolute Gasteiger partial charge is 0.320 e. The SMILES string of the molecule is CC1(CNS(=O)(=O)CC(=O)O)COC1. The summed E-state index contributed by atoms with van der Waals surface area (Å²) in [7, 11) is -3.70. The van der Waals surface area contributed by atoms with Crippen LogP contribution in [0.4, 0.5) is 0 Å². The van der Waals surface area contributed by atoms with E-state index >= 15 is 0 Å². The van der Waals surface area contributed by atoms with Crippen molar-refractivity contribution in [2.75, 3.05) is 25.5 Å². The molecule has 6 nitrogen and oxygen atoms in total. The van der Waals surface area contributed by atoms with Gasteiger partial charge in [-0.05, 0) is 0 Å². The number of carbonyl (C=O) groups is 1. The normalized spacial score (nSPS) is 20.1. The fourth-order valence-corrected chi connectivity index (χ4v) is 2.05. The topological polar surface area (TPSA) is 92.7 Å². The molecule has 82 valence electrons. The first-order valence-corrected chi connectivity index (χ1v) is 5.75. The lowest BCUT2D eigenvalue weighted by Gasteiger charge is -2.37. The summed E-state index contributed by atoms with van der Waals surface area (Å²) in [6, 6.07) is 0. The Morgan fingerprint density at radius 1 is 1.57 bits per heavy atom. The van der Waals surface area contributed by atoms with Crippen LogP contribution in [0.5, 0.6) is 0 Å². The number of sulfonamides is 1. The predicted molar refractivity (Wildman–Crippen MR) is 48.4 cm³/mol. The third kappa shape index (κ3) is 3.24. The van der Waals surface area contributed by atoms with Crippen molar-refractivity contribution in [2.24, 2.45) is 5.41 Å². The van der Waals surface area contributed by atoms with Crippen LogP contribution in [0.1, 0.15) is 6.92 Å². The van der Waals surface area contributed by atoms with Gasteiger partial charge >= 0.3 is 5.97 Å². The molecule has 0 spiro atoms. The predicted octanol–water partition coefficient (Wildman–Crippen LogP) is -0.973. The number of hydrogen-bond acceptors (Lipinski definition) is 4. The number of hydrogen-bond donors (Lipinski definition) is 2. The highest BCUT2D eigenvalue weighted by atomic mass is 32.2. The van der Waals surface area contributed by atoms with Gasteiger partial charge in [-0.25, -0.2) is 13.1 Å². The molecule has 0 unspecified atom stereocenters. The second kappa shape index (κ2) is 3.84. The van der Waals surface area contributed by atoms with E-state index in [1.165, 1.54) is 0 Å². The Hall–Kier alpha value is -0.660. The fraction of sp³-hybridized carbons (Fsp3) is 0.857. The van der Waals surface area contributed by atoms with Crippen LogP contribution in [-0.2, 0) is 19.6 Å². The Bertz CT molecular complexity index is 319. The molecular weight excluding hydrogens is 210 g/mol. The van der Waals surface area contributed by atoms with Crippen molar-refractivity contribution in [2.45, 2.75) is 6.92 Å². The van der Waals surface area contributed by atoms with Crippen molar-refractivity contribution in [3.63, 3.8) is 0 Å². The number of carboxylic acid groups (broad SMARTS) is 1. The van der Waals surface area contributed by atoms with Crippen molar-refractivity contribution in [3.05, 3.63) is 0 Å². The first kappa shape index (κ1) is 11.4. The van der Waals surface area contributed by atoms with Gasteiger partial charge in [-0.2, -0.15) is 0 Å². The molecule has 1 heterocycles. The molecule has 7 heteroatoms. The molecular formula is C7H13NO5S. The Morgan fingerprint density at radius 2 is 2.14 bits per heavy atom. The molecule has 0 amide bonds. The highest BCUT2D eigenvalue weighted by Crippen LogP contribution is 2.25. The quantitative estimate of drug-likeness (QED) is 0.625. The summed E-state index contributed by atoms with van der Waals surface area (Å²) in [5.74, 6) is -2.24. The largest absolute Gasteiger partial charge is 0.480 e. The van der Waals surface area contributed by atoms with Crippen LogP contribution in [0.2, 0.25) is 0 Å². The first-order valence-electron chi connectivity index (χ1n) is 4.10. The van der Waals surface area contributed by atoms with Gasteiger partial charge in [0.1, 0.15) is 0 Å². The molecule has 1 fully saturated rings. The van der Waals surface area contributed by atoms with Gasteiger partial charge in [0, 0.05) is 12.0 Å². The summed E-state index contributed by atoms with van der Waals surface area (Å²) < 4.78 is 29.4. The van der Waals surface area contributed by atoms with Gasteiger partial charge in [-0.15, -0.1) is 0 Å². The molecule has 0 aromatic rings. The Morgan fingerprint density at radius 3 is 2.50 bits per heavy atom. The van der Waals surface area contributed by atoms with E-state index in [9.17, 15) is 13.2 Å². The Kier molecular flexibility index (Phi) is 3.13. The molecule has 1 saturated heterocycles. The Balaban J connectivity index is 2.40. The maximum atomic E-state index is 11.1. The van der Waals surface area contributed by atoms with Gasteiger partial charge in [0.15, 0.2) is 5.75 Å². The number of nitrogens with one attached hydrogen (secondary N) is 1. The van der Waals surface area contributed by atoms with Crippen LogP contribution in [0.25, 0.3) is 0 Å². The van der Waals surface area contributed by atoms with Crippen LogP contribution in [0, 0.1) is 5.41 Å². The molecule has 1 rings (SSSR count). The molecule has 0 aromatic carbocycles. The molecule has 1 aliphatic rings. The van der Waals surface area contributed by atoms with Gasteiger partial charge in [-0.1, -0.05) is 6.92 Å². The highest BCUT2D eigenvalue weighted by molar-refractivity contribution is 7.90. The van der Waals surface area contributed by atoms with E-state index in [2.05, 4.69) is 4.72 Å². The molecule has 2 N–H and O–H groups in total. The van der Waals surface area contributed by atoms with Crippen molar-refractivity contribution in [1.82, 2.24) is 4.72 Å². The minimum atomic E-state index is -3.70. The highest BCUT2D eigenvalue weighted by Gasteiger charge is 2.34. The molecule has 0 aromatic heterocycles. The standard InChI is InChI=1S/C7H13NO5S/c1-7(4-13-5-7)3-8-14(11,12)2-6(9)10/h8H,2-5H2,1H3,(H,9,10). The second-order valence-corrected chi connectivity index (χ2v) is 5.58. The molecule has 0 aliphatic carbocycles. The average Bonchev–Trinajstić information content (AvgIpc) is 1.95. The van der Waals surface area contributed by atoms with E-state index in [0.29, 0.717) is 13.2 Å². The lowest BCUT2D eigenvalue weighted by atomic mass is 9.89. The first-order chi connectivity index (χ1) is 6.33. The van der Waals surface area contributed by atoms with E-state index in [-0.39, 0.29) is 12.0 Å². The summed E-state index contributed by atoms with van der Waals surface area (Å²) >= 11 is 0. The van der Waals surface area contributed by atoms with Crippen molar-refractivity contribution < 1.29 is 23.1 Å². The van der Waals surface area contributed by atoms with E-state index < -0.39 is 21.7 Å². The number of aliphatic carboxylic acids is 1. The Labute approximate surface area is 82.3 Å². The summed E-state index contributed by atoms with van der Waals surface area (Å²) in [5.41, 5.74) is -0.189. The van der Waals surface area contributed by atoms with Gasteiger partial charge in [0.05, 0.1) is 13.2 Å². The van der Waals surface area contributed by atoms with E-state index in [0.717, 1.165) is 0 Å². The third-order valence-electron chi connectivity index (χ3n) is 1.93. The van der Waals surface area contributed by atoms with Crippen molar-refractivity contribution >= 4 is 16.0 Å². The van der Waals surface area contributed by atoms with Gasteiger partial charge in [-0.3, -0.25) is 4.79 Å². The van der Waals surface area contributed by atoms with Gasteiger partial charge in [0.2, 0.25) is 10.0 Å². The van der Waals surface area contributed by atoms with Crippen LogP contribution < -0.4 is 4.72 Å². The summed E-state index contributed by atoms with van der Waals surface area (Å²) in [4.78, 5) is 10.2. The van der Waals surface area contributed by atoms with Gasteiger partial charge in [0.25, 0.3) is 0 Å². The average molecular weight is 223 g/mol. The van der Waals surface area contributed by atoms with Crippen molar-refractivity contribution in [3.8, 4) is 0 Å². The monoisotopic (exact) mass is 223 g/mol. The minimum absolute atomic E-state index is 0.189. The van der Waals surface area contributed by atoms with E-state index in [4.69, 9.17) is 9.84 Å². The van der Waals surface area contributed by atoms with E-state index in [1.54, 1.807) is 0 Å². The molecule has 1 aliphatic heterocycles. The van der Waals surface area contributed by atoms with Crippen LogP contribution >= 0.6 is 0 Å². The van der Waals surface area contributed by atoms with Crippen LogP contribution in [0.15, 0.2) is 0 Å². The number of carboxylic acids is 1. The minimum Gasteiger partial charge on any atom is -0.480 e. The van der Waals surface area contributed by atoms with Crippen molar-refractivity contribution in [1.29, 1.82) is 0 Å². The van der Waals surface area contributed by atoms with Crippen LogP contribution in [0.3, 0.4) is 0 Å². The zero-order chi connectivity index (χ0) is 10.8. The number of ether oxygens (including phenoxy) is 1. The lowest BCUT2D eigenvalue weighted by Crippen LogP contribution is -2.49. The fourth-order valence-electron chi connectivity index (χ4n) is 1.05. The maximum Gasteiger partial charge on any atom is 0.320 e. The second-order valence-electron chi connectivity index (χ2n) is 3.78. The summed E-state index contributed by atoms with van der Waals surface area (Å²) in [6.07, 6.45) is 0. The lowest BCUT2D eigenvalue weighted by molar-refractivity contribution is -0.134.